The number of rotatable bonds is 8. The molecule has 0 saturated heterocycles. The van der Waals surface area contributed by atoms with E-state index in [2.05, 4.69) is 0 Å². The molecule has 0 aliphatic carbocycles. The lowest BCUT2D eigenvalue weighted by Crippen LogP contribution is -2.23. The summed E-state index contributed by atoms with van der Waals surface area (Å²) >= 11 is 0. The largest absolute Gasteiger partial charge is 0.463 e. The van der Waals surface area contributed by atoms with Crippen LogP contribution in [0.3, 0.4) is 0 Å². The highest BCUT2D eigenvalue weighted by atomic mass is 32.2. The van der Waals surface area contributed by atoms with Crippen LogP contribution in [-0.4, -0.2) is 32.7 Å². The zero-order valence-electron chi connectivity index (χ0n) is 15.3. The third-order valence-electron chi connectivity index (χ3n) is 3.81. The van der Waals surface area contributed by atoms with Gasteiger partial charge < -0.3 is 9.47 Å². The molecule has 6 nitrogen and oxygen atoms in total. The van der Waals surface area contributed by atoms with E-state index in [4.69, 9.17) is 9.47 Å². The van der Waals surface area contributed by atoms with E-state index in [0.717, 1.165) is 5.56 Å². The highest BCUT2D eigenvalue weighted by Crippen LogP contribution is 2.20. The third kappa shape index (κ3) is 5.92. The highest BCUT2D eigenvalue weighted by molar-refractivity contribution is 7.91. The molecule has 27 heavy (non-hydrogen) atoms. The van der Waals surface area contributed by atoms with Gasteiger partial charge in [-0.15, -0.1) is 0 Å². The molecule has 0 fully saturated rings. The SMILES string of the molecule is CCOC(=O)[C@H](OC(=O)CCS(=O)(=O)c1ccc(C)cc1)c1ccccc1. The molecule has 2 rings (SSSR count). The van der Waals surface area contributed by atoms with Crippen LogP contribution in [-0.2, 0) is 28.9 Å². The van der Waals surface area contributed by atoms with Crippen LogP contribution in [0, 0.1) is 6.92 Å². The van der Waals surface area contributed by atoms with Crippen LogP contribution >= 0.6 is 0 Å². The lowest BCUT2D eigenvalue weighted by molar-refractivity contribution is -0.168. The zero-order chi connectivity index (χ0) is 19.9. The number of hydrogen-bond donors (Lipinski definition) is 0. The summed E-state index contributed by atoms with van der Waals surface area (Å²) in [5, 5.41) is 0. The molecule has 0 saturated carbocycles. The summed E-state index contributed by atoms with van der Waals surface area (Å²) < 4.78 is 34.9. The summed E-state index contributed by atoms with van der Waals surface area (Å²) in [6.07, 6.45) is -1.58. The normalized spacial score (nSPS) is 12.2. The van der Waals surface area contributed by atoms with E-state index >= 15 is 0 Å². The van der Waals surface area contributed by atoms with Gasteiger partial charge in [-0.25, -0.2) is 13.2 Å². The highest BCUT2D eigenvalue weighted by Gasteiger charge is 2.27. The Morgan fingerprint density at radius 2 is 1.63 bits per heavy atom. The van der Waals surface area contributed by atoms with Crippen LogP contribution in [0.1, 0.15) is 30.6 Å². The van der Waals surface area contributed by atoms with E-state index < -0.39 is 33.6 Å². The molecule has 0 aliphatic heterocycles. The summed E-state index contributed by atoms with van der Waals surface area (Å²) in [5.41, 5.74) is 1.40. The van der Waals surface area contributed by atoms with Gasteiger partial charge in [0, 0.05) is 5.56 Å². The Balaban J connectivity index is 2.05. The molecule has 0 heterocycles. The van der Waals surface area contributed by atoms with Crippen molar-refractivity contribution in [3.8, 4) is 0 Å². The van der Waals surface area contributed by atoms with Crippen molar-refractivity contribution < 1.29 is 27.5 Å². The van der Waals surface area contributed by atoms with Gasteiger partial charge >= 0.3 is 11.9 Å². The quantitative estimate of drug-likeness (QED) is 0.644. The molecule has 0 bridgehead atoms. The predicted octanol–water partition coefficient (Wildman–Crippen LogP) is 3.01. The van der Waals surface area contributed by atoms with Gasteiger partial charge in [-0.2, -0.15) is 0 Å². The summed E-state index contributed by atoms with van der Waals surface area (Å²) in [6.45, 7) is 3.64. The number of hydrogen-bond acceptors (Lipinski definition) is 6. The topological polar surface area (TPSA) is 86.7 Å². The van der Waals surface area contributed by atoms with E-state index in [1.807, 2.05) is 6.92 Å². The average Bonchev–Trinajstić information content (AvgIpc) is 2.66. The molecule has 7 heteroatoms. The molecule has 2 aromatic carbocycles. The second-order valence-electron chi connectivity index (χ2n) is 5.91. The Morgan fingerprint density at radius 1 is 1.00 bits per heavy atom. The predicted molar refractivity (Wildman–Crippen MR) is 99.8 cm³/mol. The first-order valence-electron chi connectivity index (χ1n) is 8.54. The fraction of sp³-hybridized carbons (Fsp3) is 0.300. The minimum Gasteiger partial charge on any atom is -0.463 e. The molecule has 0 unspecified atom stereocenters. The molecule has 0 N–H and O–H groups in total. The van der Waals surface area contributed by atoms with Gasteiger partial charge in [0.1, 0.15) is 0 Å². The van der Waals surface area contributed by atoms with Crippen molar-refractivity contribution in [1.82, 2.24) is 0 Å². The second-order valence-corrected chi connectivity index (χ2v) is 8.02. The van der Waals surface area contributed by atoms with Crippen LogP contribution in [0.15, 0.2) is 59.5 Å². The van der Waals surface area contributed by atoms with E-state index in [1.165, 1.54) is 12.1 Å². The molecule has 0 amide bonds. The van der Waals surface area contributed by atoms with Gasteiger partial charge in [0.15, 0.2) is 9.84 Å². The Kier molecular flexibility index (Phi) is 7.12. The van der Waals surface area contributed by atoms with E-state index in [9.17, 15) is 18.0 Å². The van der Waals surface area contributed by atoms with E-state index in [-0.39, 0.29) is 17.9 Å². The summed E-state index contributed by atoms with van der Waals surface area (Å²) in [7, 11) is -3.62. The number of sulfone groups is 1. The smallest absolute Gasteiger partial charge is 0.352 e. The monoisotopic (exact) mass is 390 g/mol. The van der Waals surface area contributed by atoms with Crippen LogP contribution in [0.2, 0.25) is 0 Å². The Bertz CT molecular complexity index is 872. The first kappa shape index (κ1) is 20.6. The molecular formula is C20H22O6S. The van der Waals surface area contributed by atoms with Crippen molar-refractivity contribution in [2.75, 3.05) is 12.4 Å². The number of esters is 2. The Morgan fingerprint density at radius 3 is 2.22 bits per heavy atom. The van der Waals surface area contributed by atoms with Crippen molar-refractivity contribution in [2.24, 2.45) is 0 Å². The number of carbonyl (C=O) groups is 2. The maximum absolute atomic E-state index is 12.3. The van der Waals surface area contributed by atoms with Crippen LogP contribution in [0.4, 0.5) is 0 Å². The van der Waals surface area contributed by atoms with Crippen LogP contribution < -0.4 is 0 Å². The molecule has 144 valence electrons. The third-order valence-corrected chi connectivity index (χ3v) is 5.54. The molecule has 0 spiro atoms. The molecule has 0 aromatic heterocycles. The Hall–Kier alpha value is -2.67. The van der Waals surface area contributed by atoms with Gasteiger partial charge in [-0.3, -0.25) is 4.79 Å². The maximum atomic E-state index is 12.3. The number of ether oxygens (including phenoxy) is 2. The lowest BCUT2D eigenvalue weighted by atomic mass is 10.1. The second kappa shape index (κ2) is 9.32. The first-order chi connectivity index (χ1) is 12.8. The van der Waals surface area contributed by atoms with Gasteiger partial charge in [0.25, 0.3) is 0 Å². The van der Waals surface area contributed by atoms with Crippen molar-refractivity contribution in [1.29, 1.82) is 0 Å². The Labute approximate surface area is 159 Å². The number of carbonyl (C=O) groups excluding carboxylic acids is 2. The fourth-order valence-electron chi connectivity index (χ4n) is 2.37. The molecular weight excluding hydrogens is 368 g/mol. The fourth-order valence-corrected chi connectivity index (χ4v) is 3.59. The number of aryl methyl sites for hydroxylation is 1. The van der Waals surface area contributed by atoms with Crippen molar-refractivity contribution in [2.45, 2.75) is 31.3 Å². The number of benzene rings is 2. The van der Waals surface area contributed by atoms with Gasteiger partial charge in [0.2, 0.25) is 6.10 Å². The first-order valence-corrected chi connectivity index (χ1v) is 10.2. The van der Waals surface area contributed by atoms with Gasteiger partial charge in [-0.05, 0) is 26.0 Å². The van der Waals surface area contributed by atoms with Crippen LogP contribution in [0.5, 0.6) is 0 Å². The van der Waals surface area contributed by atoms with Crippen LogP contribution in [0.25, 0.3) is 0 Å². The minimum atomic E-state index is -3.62. The minimum absolute atomic E-state index is 0.140. The maximum Gasteiger partial charge on any atom is 0.352 e. The molecule has 2 aromatic rings. The van der Waals surface area contributed by atoms with Crippen molar-refractivity contribution in [3.05, 3.63) is 65.7 Å². The van der Waals surface area contributed by atoms with Crippen molar-refractivity contribution in [3.63, 3.8) is 0 Å². The van der Waals surface area contributed by atoms with Gasteiger partial charge in [-0.1, -0.05) is 48.0 Å². The van der Waals surface area contributed by atoms with Crippen molar-refractivity contribution >= 4 is 21.8 Å². The molecule has 0 aliphatic rings. The molecule has 0 radical (unpaired) electrons. The summed E-state index contributed by atoms with van der Waals surface area (Å²) in [6, 6.07) is 14.8. The summed E-state index contributed by atoms with van der Waals surface area (Å²) in [4.78, 5) is 24.4. The van der Waals surface area contributed by atoms with E-state index in [0.29, 0.717) is 5.56 Å². The van der Waals surface area contributed by atoms with Gasteiger partial charge in [0.05, 0.1) is 23.7 Å². The van der Waals surface area contributed by atoms with E-state index in [1.54, 1.807) is 49.4 Å². The molecule has 1 atom stereocenters. The standard InChI is InChI=1S/C20H22O6S/c1-3-25-20(22)19(16-7-5-4-6-8-16)26-18(21)13-14-27(23,24)17-11-9-15(2)10-12-17/h4-12,19H,3,13-14H2,1-2H3/t19-/m1/s1. The summed E-state index contributed by atoms with van der Waals surface area (Å²) in [5.74, 6) is -1.88. The lowest BCUT2D eigenvalue weighted by Gasteiger charge is -2.17. The average molecular weight is 390 g/mol. The zero-order valence-corrected chi connectivity index (χ0v) is 16.1.